The van der Waals surface area contributed by atoms with Gasteiger partial charge in [-0.3, -0.25) is 9.48 Å². The van der Waals surface area contributed by atoms with Gasteiger partial charge in [0.25, 0.3) is 5.91 Å². The molecule has 11 heteroatoms. The number of fused-ring (bicyclic) bond motifs is 1. The van der Waals surface area contributed by atoms with Gasteiger partial charge in [0.2, 0.25) is 0 Å². The molecule has 0 spiro atoms. The molecular weight excluding hydrogens is 583 g/mol. The Morgan fingerprint density at radius 1 is 1.04 bits per heavy atom. The molecule has 0 radical (unpaired) electrons. The minimum atomic E-state index is -1.24. The number of hydrogen-bond acceptors (Lipinski definition) is 6. The lowest BCUT2D eigenvalue weighted by atomic mass is 10.1. The van der Waals surface area contributed by atoms with Crippen molar-refractivity contribution in [2.75, 3.05) is 18.5 Å². The van der Waals surface area contributed by atoms with Gasteiger partial charge in [-0.25, -0.2) is 9.36 Å². The second-order valence-electron chi connectivity index (χ2n) is 13.0. The lowest BCUT2D eigenvalue weighted by Gasteiger charge is -2.22. The van der Waals surface area contributed by atoms with Crippen molar-refractivity contribution >= 4 is 30.6 Å². The van der Waals surface area contributed by atoms with E-state index in [4.69, 9.17) is 14.6 Å². The van der Waals surface area contributed by atoms with E-state index in [0.29, 0.717) is 24.5 Å². The molecule has 1 unspecified atom stereocenters. The highest BCUT2D eigenvalue weighted by Crippen LogP contribution is 2.29. The van der Waals surface area contributed by atoms with Crippen LogP contribution in [0, 0.1) is 0 Å². The molecule has 1 aliphatic heterocycles. The minimum absolute atomic E-state index is 0.0253. The van der Waals surface area contributed by atoms with Crippen LogP contribution in [-0.2, 0) is 29.2 Å². The van der Waals surface area contributed by atoms with Gasteiger partial charge in [0.05, 0.1) is 30.1 Å². The van der Waals surface area contributed by atoms with E-state index in [2.05, 4.69) is 72.4 Å². The number of nitrogens with zero attached hydrogens (tertiary/aromatic N) is 6. The summed E-state index contributed by atoms with van der Waals surface area (Å²) < 4.78 is 17.5. The number of ether oxygens (including phenoxy) is 2. The first-order valence-electron chi connectivity index (χ1n) is 15.9. The molecule has 5 aromatic rings. The molecule has 1 aliphatic rings. The van der Waals surface area contributed by atoms with Crippen molar-refractivity contribution in [2.24, 2.45) is 0 Å². The zero-order valence-corrected chi connectivity index (χ0v) is 27.7. The van der Waals surface area contributed by atoms with Crippen LogP contribution in [0.3, 0.4) is 0 Å². The third-order valence-electron chi connectivity index (χ3n) is 8.20. The number of rotatable bonds is 12. The van der Waals surface area contributed by atoms with Crippen LogP contribution in [0.4, 0.5) is 5.69 Å². The summed E-state index contributed by atoms with van der Waals surface area (Å²) in [6, 6.07) is 15.6. The van der Waals surface area contributed by atoms with Crippen LogP contribution >= 0.6 is 0 Å². The van der Waals surface area contributed by atoms with Crippen molar-refractivity contribution in [2.45, 2.75) is 77.8 Å². The summed E-state index contributed by atoms with van der Waals surface area (Å²) in [6.45, 7) is 11.5. The molecule has 0 aliphatic carbocycles. The van der Waals surface area contributed by atoms with E-state index in [0.717, 1.165) is 60.4 Å². The highest BCUT2D eigenvalue weighted by atomic mass is 28.3. The molecule has 6 rings (SSSR count). The Balaban J connectivity index is 1.23. The number of benzene rings is 2. The molecular formula is C34H43N7O3Si. The first-order valence-corrected chi connectivity index (χ1v) is 19.6. The summed E-state index contributed by atoms with van der Waals surface area (Å²) in [6.07, 6.45) is 11.6. The molecule has 3 aromatic heterocycles. The van der Waals surface area contributed by atoms with Crippen LogP contribution in [0.25, 0.3) is 22.0 Å². The number of hydrogen-bond donors (Lipinski definition) is 1. The fourth-order valence-corrected chi connectivity index (χ4v) is 6.32. The largest absolute Gasteiger partial charge is 0.360 e. The summed E-state index contributed by atoms with van der Waals surface area (Å²) in [4.78, 5) is 13.6. The Morgan fingerprint density at radius 3 is 2.71 bits per heavy atom. The lowest BCUT2D eigenvalue weighted by Crippen LogP contribution is -2.22. The molecule has 4 heterocycles. The van der Waals surface area contributed by atoms with Gasteiger partial charge >= 0.3 is 0 Å². The molecule has 0 saturated carbocycles. The van der Waals surface area contributed by atoms with Crippen LogP contribution in [0.1, 0.15) is 54.0 Å². The third-order valence-corrected chi connectivity index (χ3v) is 9.90. The van der Waals surface area contributed by atoms with E-state index < -0.39 is 8.07 Å². The lowest BCUT2D eigenvalue weighted by molar-refractivity contribution is -0.0394. The van der Waals surface area contributed by atoms with Crippen LogP contribution < -0.4 is 5.32 Å². The van der Waals surface area contributed by atoms with E-state index in [1.165, 1.54) is 11.1 Å². The fourth-order valence-electron chi connectivity index (χ4n) is 5.57. The minimum Gasteiger partial charge on any atom is -0.360 e. The summed E-state index contributed by atoms with van der Waals surface area (Å²) >= 11 is 0. The van der Waals surface area contributed by atoms with Crippen LogP contribution in [-0.4, -0.2) is 56.5 Å². The Hall–Kier alpha value is -4.06. The first kappa shape index (κ1) is 30.9. The van der Waals surface area contributed by atoms with E-state index in [-0.39, 0.29) is 18.9 Å². The molecule has 45 heavy (non-hydrogen) atoms. The van der Waals surface area contributed by atoms with Crippen molar-refractivity contribution in [1.82, 2.24) is 29.3 Å². The first-order chi connectivity index (χ1) is 21.8. The third kappa shape index (κ3) is 7.60. The highest BCUT2D eigenvalue weighted by Gasteiger charge is 2.21. The number of nitrogens with one attached hydrogen (secondary N) is 1. The van der Waals surface area contributed by atoms with E-state index >= 15 is 0 Å². The van der Waals surface area contributed by atoms with E-state index in [9.17, 15) is 4.79 Å². The van der Waals surface area contributed by atoms with Crippen LogP contribution in [0.5, 0.6) is 0 Å². The Labute approximate surface area is 265 Å². The van der Waals surface area contributed by atoms with Gasteiger partial charge in [-0.05, 0) is 60.6 Å². The molecule has 236 valence electrons. The van der Waals surface area contributed by atoms with Gasteiger partial charge in [0.15, 0.2) is 5.69 Å². The molecule has 2 aromatic carbocycles. The molecule has 1 atom stereocenters. The monoisotopic (exact) mass is 625 g/mol. The molecule has 1 N–H and O–H groups in total. The average Bonchev–Trinajstić information content (AvgIpc) is 3.78. The maximum Gasteiger partial charge on any atom is 0.276 e. The SMILES string of the molecule is CCc1cccc(Cn2cc(NC(=O)c3nn(COCC[Si](C)(C)C)c4cc(-c5cnn(C6CCCCO6)c5)ccc34)cn2)c1. The summed E-state index contributed by atoms with van der Waals surface area (Å²) in [7, 11) is -1.24. The van der Waals surface area contributed by atoms with Crippen molar-refractivity contribution in [3.63, 3.8) is 0 Å². The predicted octanol–water partition coefficient (Wildman–Crippen LogP) is 6.97. The standard InChI is InChI=1S/C34H43N7O3Si/c1-5-25-9-8-10-26(17-25)21-39-23-29(20-35-39)37-34(42)33-30-13-12-27(28-19-36-40(22-28)32-11-6-7-14-44-32)18-31(30)41(38-33)24-43-15-16-45(2,3)4/h8-10,12-13,17-20,22-23,32H,5-7,11,14-16,21,24H2,1-4H3,(H,37,42). The van der Waals surface area contributed by atoms with Gasteiger partial charge < -0.3 is 14.8 Å². The maximum atomic E-state index is 13.6. The van der Waals surface area contributed by atoms with Gasteiger partial charge in [-0.1, -0.05) is 56.9 Å². The Kier molecular flexibility index (Phi) is 9.29. The number of aromatic nitrogens is 6. The van der Waals surface area contributed by atoms with Crippen LogP contribution in [0.2, 0.25) is 25.7 Å². The summed E-state index contributed by atoms with van der Waals surface area (Å²) in [5.41, 5.74) is 6.24. The van der Waals surface area contributed by atoms with Crippen molar-refractivity contribution in [1.29, 1.82) is 0 Å². The smallest absolute Gasteiger partial charge is 0.276 e. The van der Waals surface area contributed by atoms with E-state index in [1.807, 2.05) is 40.1 Å². The van der Waals surface area contributed by atoms with Crippen LogP contribution in [0.15, 0.2) is 67.3 Å². The van der Waals surface area contributed by atoms with Gasteiger partial charge in [0.1, 0.15) is 13.0 Å². The quantitative estimate of drug-likeness (QED) is 0.119. The fraction of sp³-hybridized carbons (Fsp3) is 0.412. The molecule has 10 nitrogen and oxygen atoms in total. The summed E-state index contributed by atoms with van der Waals surface area (Å²) in [5.74, 6) is -0.289. The molecule has 1 fully saturated rings. The molecule has 1 saturated heterocycles. The second-order valence-corrected chi connectivity index (χ2v) is 18.6. The number of anilines is 1. The number of aryl methyl sites for hydroxylation is 1. The molecule has 0 bridgehead atoms. The number of amides is 1. The number of carbonyl (C=O) groups is 1. The zero-order chi connectivity index (χ0) is 31.4. The topological polar surface area (TPSA) is 101 Å². The van der Waals surface area contributed by atoms with Gasteiger partial charge in [-0.2, -0.15) is 15.3 Å². The van der Waals surface area contributed by atoms with Crippen molar-refractivity contribution in [3.8, 4) is 11.1 Å². The predicted molar refractivity (Wildman–Crippen MR) is 179 cm³/mol. The van der Waals surface area contributed by atoms with E-state index in [1.54, 1.807) is 10.9 Å². The molecule has 1 amide bonds. The second kappa shape index (κ2) is 13.5. The van der Waals surface area contributed by atoms with Gasteiger partial charge in [0, 0.05) is 44.6 Å². The Bertz CT molecular complexity index is 1760. The Morgan fingerprint density at radius 2 is 1.91 bits per heavy atom. The maximum absolute atomic E-state index is 13.6. The average molecular weight is 626 g/mol. The van der Waals surface area contributed by atoms with Gasteiger partial charge in [-0.15, -0.1) is 0 Å². The van der Waals surface area contributed by atoms with Crippen molar-refractivity contribution < 1.29 is 14.3 Å². The van der Waals surface area contributed by atoms with Crippen molar-refractivity contribution in [3.05, 3.63) is 84.1 Å². The zero-order valence-electron chi connectivity index (χ0n) is 26.7. The number of carbonyl (C=O) groups excluding carboxylic acids is 1. The normalized spacial score (nSPS) is 15.5. The highest BCUT2D eigenvalue weighted by molar-refractivity contribution is 6.76. The summed E-state index contributed by atoms with van der Waals surface area (Å²) in [5, 5.41) is 17.6.